The number of benzene rings is 3. The van der Waals surface area contributed by atoms with Gasteiger partial charge in [-0.3, -0.25) is 19.2 Å². The van der Waals surface area contributed by atoms with Crippen molar-refractivity contribution >= 4 is 52.6 Å². The second-order valence-corrected chi connectivity index (χ2v) is 13.1. The van der Waals surface area contributed by atoms with Crippen LogP contribution in [0.15, 0.2) is 66.2 Å². The quantitative estimate of drug-likeness (QED) is 0.249. The van der Waals surface area contributed by atoms with Crippen LogP contribution in [0.5, 0.6) is 17.2 Å². The Balaban J connectivity index is 1.37. The van der Waals surface area contributed by atoms with Gasteiger partial charge in [0.2, 0.25) is 23.6 Å². The molecule has 4 amide bonds. The van der Waals surface area contributed by atoms with Gasteiger partial charge in [-0.05, 0) is 62.1 Å². The van der Waals surface area contributed by atoms with E-state index in [-0.39, 0.29) is 40.7 Å². The zero-order chi connectivity index (χ0) is 34.4. The molecule has 3 fully saturated rings. The van der Waals surface area contributed by atoms with E-state index in [0.717, 1.165) is 28.0 Å². The number of halogens is 2. The molecule has 2 aliphatic carbocycles. The maximum absolute atomic E-state index is 14.5. The molecule has 0 aromatic heterocycles. The van der Waals surface area contributed by atoms with Crippen LogP contribution in [0.2, 0.25) is 5.02 Å². The number of phenolic OH excluding ortho intramolecular Hbond substituents is 1. The Morgan fingerprint density at radius 3 is 2.33 bits per heavy atom. The molecule has 1 saturated carbocycles. The van der Waals surface area contributed by atoms with Crippen molar-refractivity contribution in [1.29, 1.82) is 0 Å². The van der Waals surface area contributed by atoms with Crippen LogP contribution in [0, 0.1) is 34.9 Å². The van der Waals surface area contributed by atoms with E-state index in [1.54, 1.807) is 31.2 Å². The van der Waals surface area contributed by atoms with Crippen molar-refractivity contribution in [3.63, 3.8) is 0 Å². The first-order valence-electron chi connectivity index (χ1n) is 15.1. The lowest BCUT2D eigenvalue weighted by atomic mass is 9.51. The van der Waals surface area contributed by atoms with Crippen LogP contribution < -0.4 is 14.5 Å². The fourth-order valence-electron chi connectivity index (χ4n) is 8.26. The molecule has 0 spiro atoms. The third-order valence-electron chi connectivity index (χ3n) is 10.5. The normalized spacial score (nSPS) is 27.8. The van der Waals surface area contributed by atoms with Gasteiger partial charge in [0.15, 0.2) is 11.5 Å². The molecule has 11 nitrogen and oxygen atoms in total. The highest BCUT2D eigenvalue weighted by Crippen LogP contribution is 2.65. The number of carbonyl (C=O) groups is 5. The lowest BCUT2D eigenvalue weighted by Gasteiger charge is -2.49. The van der Waals surface area contributed by atoms with Gasteiger partial charge in [0.25, 0.3) is 0 Å². The summed E-state index contributed by atoms with van der Waals surface area (Å²) in [6.45, 7) is 1.64. The highest BCUT2D eigenvalue weighted by molar-refractivity contribution is 6.32. The molecule has 48 heavy (non-hydrogen) atoms. The average Bonchev–Trinajstić information content (AvgIpc) is 3.42. The van der Waals surface area contributed by atoms with E-state index in [2.05, 4.69) is 0 Å². The SMILES string of the molecule is COc1cccc([C@H]2C3=CC[C@@H]4C(=O)N(c5ccc(C(=O)O)c(O)c5)C(=O)[C@@H]4[C@@H]3C[C@H]3C(=O)N(c4ccc(F)c(Cl)c4)C(=O)[C@@]23C)c1O. The van der Waals surface area contributed by atoms with Gasteiger partial charge in [-0.1, -0.05) is 35.4 Å². The van der Waals surface area contributed by atoms with E-state index in [0.29, 0.717) is 11.1 Å². The van der Waals surface area contributed by atoms with Crippen molar-refractivity contribution in [2.24, 2.45) is 29.1 Å². The van der Waals surface area contributed by atoms with Crippen molar-refractivity contribution in [3.05, 3.63) is 88.2 Å². The second kappa shape index (κ2) is 10.9. The van der Waals surface area contributed by atoms with Crippen molar-refractivity contribution in [1.82, 2.24) is 0 Å². The summed E-state index contributed by atoms with van der Waals surface area (Å²) in [7, 11) is 1.37. The number of para-hydroxylation sites is 1. The van der Waals surface area contributed by atoms with Crippen LogP contribution in [0.4, 0.5) is 15.8 Å². The first kappa shape index (κ1) is 31.4. The highest BCUT2D eigenvalue weighted by atomic mass is 35.5. The van der Waals surface area contributed by atoms with E-state index >= 15 is 0 Å². The third-order valence-corrected chi connectivity index (χ3v) is 10.8. The number of phenols is 2. The van der Waals surface area contributed by atoms with Crippen molar-refractivity contribution in [2.45, 2.75) is 25.7 Å². The maximum atomic E-state index is 14.5. The van der Waals surface area contributed by atoms with Crippen LogP contribution in [0.3, 0.4) is 0 Å². The van der Waals surface area contributed by atoms with E-state index in [1.165, 1.54) is 25.3 Å². The van der Waals surface area contributed by atoms with Gasteiger partial charge in [0.1, 0.15) is 17.1 Å². The lowest BCUT2D eigenvalue weighted by Crippen LogP contribution is -2.48. The Hall–Kier alpha value is -5.23. The highest BCUT2D eigenvalue weighted by Gasteiger charge is 2.68. The zero-order valence-corrected chi connectivity index (χ0v) is 26.3. The molecule has 0 unspecified atom stereocenters. The zero-order valence-electron chi connectivity index (χ0n) is 25.5. The van der Waals surface area contributed by atoms with Gasteiger partial charge >= 0.3 is 5.97 Å². The first-order chi connectivity index (χ1) is 22.8. The Kier molecular flexibility index (Phi) is 7.13. The molecule has 0 bridgehead atoms. The first-order valence-corrected chi connectivity index (χ1v) is 15.5. The molecule has 246 valence electrons. The number of carbonyl (C=O) groups excluding carboxylic acids is 4. The Morgan fingerprint density at radius 2 is 1.67 bits per heavy atom. The molecule has 3 aromatic rings. The molecular formula is C35H28ClFN2O9. The number of amides is 4. The molecule has 6 atom stereocenters. The smallest absolute Gasteiger partial charge is 0.339 e. The van der Waals surface area contributed by atoms with Gasteiger partial charge in [0.05, 0.1) is 46.7 Å². The summed E-state index contributed by atoms with van der Waals surface area (Å²) in [6, 6.07) is 11.7. The van der Waals surface area contributed by atoms with Gasteiger partial charge in [-0.25, -0.2) is 19.0 Å². The maximum Gasteiger partial charge on any atom is 0.339 e. The largest absolute Gasteiger partial charge is 0.507 e. The molecule has 3 aromatic carbocycles. The van der Waals surface area contributed by atoms with Crippen molar-refractivity contribution in [2.75, 3.05) is 16.9 Å². The number of hydrogen-bond acceptors (Lipinski definition) is 8. The number of methoxy groups -OCH3 is 1. The van der Waals surface area contributed by atoms with Crippen molar-refractivity contribution in [3.8, 4) is 17.2 Å². The van der Waals surface area contributed by atoms with E-state index < -0.39 is 81.7 Å². The van der Waals surface area contributed by atoms with E-state index in [4.69, 9.17) is 16.3 Å². The summed E-state index contributed by atoms with van der Waals surface area (Å²) in [5, 5.41) is 30.8. The Bertz CT molecular complexity index is 2010. The molecular weight excluding hydrogens is 647 g/mol. The lowest BCUT2D eigenvalue weighted by molar-refractivity contribution is -0.131. The van der Waals surface area contributed by atoms with Crippen LogP contribution >= 0.6 is 11.6 Å². The third kappa shape index (κ3) is 4.21. The number of fused-ring (bicyclic) bond motifs is 4. The molecule has 2 aliphatic heterocycles. The number of ether oxygens (including phenoxy) is 1. The minimum absolute atomic E-state index is 0.00225. The van der Waals surface area contributed by atoms with Crippen LogP contribution in [-0.2, 0) is 19.2 Å². The number of carboxylic acid groups (broad SMARTS) is 1. The molecule has 2 heterocycles. The number of allylic oxidation sites excluding steroid dienone is 2. The number of hydrogen-bond donors (Lipinski definition) is 3. The van der Waals surface area contributed by atoms with Gasteiger partial charge in [-0.15, -0.1) is 0 Å². The molecule has 7 rings (SSSR count). The van der Waals surface area contributed by atoms with Crippen LogP contribution in [0.25, 0.3) is 0 Å². The predicted octanol–water partition coefficient (Wildman–Crippen LogP) is 5.03. The summed E-state index contributed by atoms with van der Waals surface area (Å²) in [5.41, 5.74) is -0.926. The molecule has 2 saturated heterocycles. The van der Waals surface area contributed by atoms with E-state index in [1.807, 2.05) is 0 Å². The number of imide groups is 2. The summed E-state index contributed by atoms with van der Waals surface area (Å²) >= 11 is 6.04. The second-order valence-electron chi connectivity index (χ2n) is 12.7. The topological polar surface area (TPSA) is 162 Å². The number of anilines is 2. The average molecular weight is 675 g/mol. The number of aromatic carboxylic acids is 1. The van der Waals surface area contributed by atoms with Gasteiger partial charge < -0.3 is 20.1 Å². The van der Waals surface area contributed by atoms with Gasteiger partial charge in [-0.2, -0.15) is 0 Å². The summed E-state index contributed by atoms with van der Waals surface area (Å²) in [5.74, 6) is -9.68. The molecule has 0 radical (unpaired) electrons. The van der Waals surface area contributed by atoms with Gasteiger partial charge in [0, 0.05) is 17.5 Å². The summed E-state index contributed by atoms with van der Waals surface area (Å²) < 4.78 is 19.5. The fourth-order valence-corrected chi connectivity index (χ4v) is 8.44. The minimum Gasteiger partial charge on any atom is -0.507 e. The molecule has 4 aliphatic rings. The predicted molar refractivity (Wildman–Crippen MR) is 168 cm³/mol. The Labute approximate surface area is 277 Å². The summed E-state index contributed by atoms with van der Waals surface area (Å²) in [4.78, 5) is 70.2. The summed E-state index contributed by atoms with van der Waals surface area (Å²) in [6.07, 6.45) is 1.92. The Morgan fingerprint density at radius 1 is 0.958 bits per heavy atom. The monoisotopic (exact) mass is 674 g/mol. The number of nitrogens with zero attached hydrogens (tertiary/aromatic N) is 2. The van der Waals surface area contributed by atoms with Crippen LogP contribution in [-0.4, -0.2) is 52.0 Å². The minimum atomic E-state index is -1.49. The van der Waals surface area contributed by atoms with Crippen LogP contribution in [0.1, 0.15) is 41.6 Å². The molecule has 13 heteroatoms. The fraction of sp³-hybridized carbons (Fsp3) is 0.286. The van der Waals surface area contributed by atoms with E-state index in [9.17, 15) is 43.7 Å². The molecule has 3 N–H and O–H groups in total. The standard InChI is InChI=1S/C35H28ClFN2O9/c1-35-22(31(43)39(34(35)47)15-7-11-24(37)23(36)12-15)14-21-17(28(35)20-4-3-5-26(48-2)29(20)41)9-10-19-27(21)32(44)38(30(19)42)16-6-8-18(33(45)46)25(40)13-16/h3-9,11-13,19,21-22,27-28,40-41H,10,14H2,1-2H3,(H,45,46)/t19-,21+,22-,27-,28+,35+/m0/s1. The number of aromatic hydroxyl groups is 2. The number of carboxylic acids is 1. The number of rotatable bonds is 5. The van der Waals surface area contributed by atoms with Crippen molar-refractivity contribution < 1.29 is 48.4 Å².